The molecule has 0 saturated carbocycles. The van der Waals surface area contributed by atoms with Gasteiger partial charge in [0.2, 0.25) is 0 Å². The molecular weight excluding hydrogens is 320 g/mol. The van der Waals surface area contributed by atoms with Crippen LogP contribution in [-0.4, -0.2) is 60.0 Å². The molecule has 1 aromatic heterocycles. The lowest BCUT2D eigenvalue weighted by atomic mass is 10.1. The first kappa shape index (κ1) is 16.0. The highest BCUT2D eigenvalue weighted by molar-refractivity contribution is 5.92. The predicted octanol–water partition coefficient (Wildman–Crippen LogP) is 1.29. The van der Waals surface area contributed by atoms with Crippen molar-refractivity contribution in [3.05, 3.63) is 41.7 Å². The Hall–Kier alpha value is -2.54. The Morgan fingerprint density at radius 1 is 1.12 bits per heavy atom. The van der Waals surface area contributed by atoms with Gasteiger partial charge in [0, 0.05) is 44.1 Å². The molecule has 2 aliphatic heterocycles. The van der Waals surface area contributed by atoms with Crippen LogP contribution in [0.1, 0.15) is 16.1 Å². The maximum atomic E-state index is 12.8. The molecule has 132 valence electrons. The summed E-state index contributed by atoms with van der Waals surface area (Å²) in [6.45, 7) is 4.86. The van der Waals surface area contributed by atoms with Gasteiger partial charge in [0.05, 0.1) is 19.8 Å². The summed E-state index contributed by atoms with van der Waals surface area (Å²) >= 11 is 0. The molecule has 1 aromatic carbocycles. The Morgan fingerprint density at radius 3 is 2.72 bits per heavy atom. The van der Waals surface area contributed by atoms with E-state index in [1.807, 2.05) is 11.0 Å². The quantitative estimate of drug-likeness (QED) is 0.823. The minimum Gasteiger partial charge on any atom is -0.491 e. The molecule has 2 aromatic rings. The molecule has 2 aliphatic rings. The van der Waals surface area contributed by atoms with Crippen molar-refractivity contribution < 1.29 is 14.3 Å². The Bertz CT molecular complexity index is 767. The van der Waals surface area contributed by atoms with E-state index in [-0.39, 0.29) is 5.91 Å². The fourth-order valence-corrected chi connectivity index (χ4v) is 3.32. The van der Waals surface area contributed by atoms with Crippen molar-refractivity contribution in [2.75, 3.05) is 44.4 Å². The number of fused-ring (bicyclic) bond motifs is 1. The molecule has 4 rings (SSSR count). The fraction of sp³-hybridized carbons (Fsp3) is 0.444. The molecule has 25 heavy (non-hydrogen) atoms. The van der Waals surface area contributed by atoms with Crippen LogP contribution >= 0.6 is 0 Å². The van der Waals surface area contributed by atoms with Gasteiger partial charge in [-0.2, -0.15) is 5.10 Å². The normalized spacial score (nSPS) is 17.6. The smallest absolute Gasteiger partial charge is 0.272 e. The number of hydrogen-bond donors (Lipinski definition) is 0. The van der Waals surface area contributed by atoms with E-state index in [0.29, 0.717) is 25.4 Å². The molecule has 1 saturated heterocycles. The van der Waals surface area contributed by atoms with Gasteiger partial charge in [-0.15, -0.1) is 0 Å². The number of nitrogens with zero attached hydrogens (tertiary/aromatic N) is 4. The highest BCUT2D eigenvalue weighted by Gasteiger charge is 2.24. The van der Waals surface area contributed by atoms with E-state index in [4.69, 9.17) is 9.47 Å². The van der Waals surface area contributed by atoms with E-state index < -0.39 is 0 Å². The zero-order valence-electron chi connectivity index (χ0n) is 14.4. The van der Waals surface area contributed by atoms with Gasteiger partial charge < -0.3 is 19.3 Å². The standard InChI is InChI=1S/C18H22N4O3/c1-20-16(4-5-19-20)18(23)22-8-11-25-17-3-2-15(12-14(17)13-22)21-6-9-24-10-7-21/h2-5,12H,6-11,13H2,1H3. The monoisotopic (exact) mass is 342 g/mol. The van der Waals surface area contributed by atoms with E-state index >= 15 is 0 Å². The van der Waals surface area contributed by atoms with Gasteiger partial charge in [-0.1, -0.05) is 0 Å². The first-order valence-electron chi connectivity index (χ1n) is 8.58. The molecule has 0 radical (unpaired) electrons. The van der Waals surface area contributed by atoms with Crippen molar-refractivity contribution in [3.8, 4) is 5.75 Å². The first-order chi connectivity index (χ1) is 12.2. The van der Waals surface area contributed by atoms with E-state index in [0.717, 1.165) is 43.3 Å². The number of rotatable bonds is 2. The van der Waals surface area contributed by atoms with E-state index in [1.165, 1.54) is 0 Å². The summed E-state index contributed by atoms with van der Waals surface area (Å²) < 4.78 is 12.9. The number of ether oxygens (including phenoxy) is 2. The molecule has 0 atom stereocenters. The van der Waals surface area contributed by atoms with Crippen LogP contribution in [0.25, 0.3) is 0 Å². The van der Waals surface area contributed by atoms with Gasteiger partial charge in [0.1, 0.15) is 18.1 Å². The Morgan fingerprint density at radius 2 is 1.96 bits per heavy atom. The summed E-state index contributed by atoms with van der Waals surface area (Å²) in [5.74, 6) is 0.838. The van der Waals surface area contributed by atoms with Gasteiger partial charge in [-0.25, -0.2) is 0 Å². The highest BCUT2D eigenvalue weighted by Crippen LogP contribution is 2.29. The van der Waals surface area contributed by atoms with Crippen molar-refractivity contribution >= 4 is 11.6 Å². The maximum absolute atomic E-state index is 12.8. The average molecular weight is 342 g/mol. The van der Waals surface area contributed by atoms with Crippen molar-refractivity contribution in [2.45, 2.75) is 6.54 Å². The first-order valence-corrected chi connectivity index (χ1v) is 8.58. The lowest BCUT2D eigenvalue weighted by Gasteiger charge is -2.29. The third-order valence-electron chi connectivity index (χ3n) is 4.73. The lowest BCUT2D eigenvalue weighted by Crippen LogP contribution is -2.36. The van der Waals surface area contributed by atoms with Crippen LogP contribution in [0.15, 0.2) is 30.5 Å². The maximum Gasteiger partial charge on any atom is 0.272 e. The van der Waals surface area contributed by atoms with E-state index in [9.17, 15) is 4.79 Å². The molecule has 1 fully saturated rings. The molecule has 0 unspecified atom stereocenters. The predicted molar refractivity (Wildman–Crippen MR) is 92.9 cm³/mol. The third-order valence-corrected chi connectivity index (χ3v) is 4.73. The van der Waals surface area contributed by atoms with Crippen LogP contribution in [0.2, 0.25) is 0 Å². The number of morpholine rings is 1. The molecule has 7 nitrogen and oxygen atoms in total. The molecular formula is C18H22N4O3. The van der Waals surface area contributed by atoms with Gasteiger partial charge in [0.15, 0.2) is 0 Å². The third kappa shape index (κ3) is 3.19. The summed E-state index contributed by atoms with van der Waals surface area (Å²) in [7, 11) is 1.78. The van der Waals surface area contributed by atoms with Crippen molar-refractivity contribution in [2.24, 2.45) is 7.05 Å². The number of amides is 1. The summed E-state index contributed by atoms with van der Waals surface area (Å²) in [5.41, 5.74) is 2.78. The molecule has 0 spiro atoms. The second kappa shape index (κ2) is 6.76. The number of hydrogen-bond acceptors (Lipinski definition) is 5. The molecule has 7 heteroatoms. The molecule has 0 bridgehead atoms. The summed E-state index contributed by atoms with van der Waals surface area (Å²) in [6.07, 6.45) is 1.64. The van der Waals surface area contributed by atoms with Gasteiger partial charge >= 0.3 is 0 Å². The number of carbonyl (C=O) groups excluding carboxylic acids is 1. The van der Waals surface area contributed by atoms with Crippen molar-refractivity contribution in [1.82, 2.24) is 14.7 Å². The highest BCUT2D eigenvalue weighted by atomic mass is 16.5. The Kier molecular flexibility index (Phi) is 4.31. The second-order valence-electron chi connectivity index (χ2n) is 6.31. The van der Waals surface area contributed by atoms with Crippen LogP contribution in [0.5, 0.6) is 5.75 Å². The van der Waals surface area contributed by atoms with Crippen LogP contribution in [0, 0.1) is 0 Å². The van der Waals surface area contributed by atoms with Gasteiger partial charge in [-0.05, 0) is 24.3 Å². The van der Waals surface area contributed by atoms with Gasteiger partial charge in [-0.3, -0.25) is 9.48 Å². The van der Waals surface area contributed by atoms with E-state index in [1.54, 1.807) is 24.0 Å². The molecule has 1 amide bonds. The minimum atomic E-state index is -0.0202. The fourth-order valence-electron chi connectivity index (χ4n) is 3.32. The van der Waals surface area contributed by atoms with Gasteiger partial charge in [0.25, 0.3) is 5.91 Å². The number of benzene rings is 1. The summed E-state index contributed by atoms with van der Waals surface area (Å²) in [6, 6.07) is 7.98. The zero-order chi connectivity index (χ0) is 17.2. The number of aryl methyl sites for hydroxylation is 1. The number of anilines is 1. The molecule has 0 N–H and O–H groups in total. The number of carbonyl (C=O) groups is 1. The topological polar surface area (TPSA) is 59.8 Å². The van der Waals surface area contributed by atoms with Crippen LogP contribution in [-0.2, 0) is 18.3 Å². The summed E-state index contributed by atoms with van der Waals surface area (Å²) in [4.78, 5) is 16.9. The Labute approximate surface area is 146 Å². The van der Waals surface area contributed by atoms with Crippen LogP contribution in [0.3, 0.4) is 0 Å². The SMILES string of the molecule is Cn1nccc1C(=O)N1CCOc2ccc(N3CCOCC3)cc2C1. The lowest BCUT2D eigenvalue weighted by molar-refractivity contribution is 0.0722. The molecule has 3 heterocycles. The summed E-state index contributed by atoms with van der Waals surface area (Å²) in [5, 5.41) is 4.09. The molecule has 0 aliphatic carbocycles. The Balaban J connectivity index is 1.58. The van der Waals surface area contributed by atoms with E-state index in [2.05, 4.69) is 22.1 Å². The zero-order valence-corrected chi connectivity index (χ0v) is 14.4. The number of aromatic nitrogens is 2. The minimum absolute atomic E-state index is 0.0202. The van der Waals surface area contributed by atoms with Crippen LogP contribution < -0.4 is 9.64 Å². The van der Waals surface area contributed by atoms with Crippen molar-refractivity contribution in [3.63, 3.8) is 0 Å². The second-order valence-corrected chi connectivity index (χ2v) is 6.31. The van der Waals surface area contributed by atoms with Crippen molar-refractivity contribution in [1.29, 1.82) is 0 Å². The van der Waals surface area contributed by atoms with Crippen LogP contribution in [0.4, 0.5) is 5.69 Å². The largest absolute Gasteiger partial charge is 0.491 e. The average Bonchev–Trinajstić information content (AvgIpc) is 2.96.